The number of nitrogens with zero attached hydrogens (tertiary/aromatic N) is 1. The number of hydrogen-bond donors (Lipinski definition) is 3. The van der Waals surface area contributed by atoms with Gasteiger partial charge in [0, 0.05) is 17.0 Å². The zero-order chi connectivity index (χ0) is 24.2. The van der Waals surface area contributed by atoms with Crippen LogP contribution in [0.5, 0.6) is 11.5 Å². The van der Waals surface area contributed by atoms with Gasteiger partial charge in [-0.25, -0.2) is 18.0 Å². The molecule has 3 aromatic carbocycles. The van der Waals surface area contributed by atoms with Crippen molar-refractivity contribution in [3.8, 4) is 11.5 Å². The van der Waals surface area contributed by atoms with Gasteiger partial charge in [0.05, 0.1) is 11.2 Å². The third kappa shape index (κ3) is 5.17. The summed E-state index contributed by atoms with van der Waals surface area (Å²) < 4.78 is 75.2. The highest BCUT2D eigenvalue weighted by Gasteiger charge is 2.15. The molecule has 12 heteroatoms. The van der Waals surface area contributed by atoms with Crippen LogP contribution in [0.3, 0.4) is 0 Å². The summed E-state index contributed by atoms with van der Waals surface area (Å²) in [6.07, 6.45) is 0. The van der Waals surface area contributed by atoms with E-state index < -0.39 is 30.1 Å². The predicted molar refractivity (Wildman–Crippen MR) is 112 cm³/mol. The van der Waals surface area contributed by atoms with Crippen molar-refractivity contribution < 1.29 is 36.2 Å². The van der Waals surface area contributed by atoms with E-state index in [1.54, 1.807) is 6.07 Å². The first-order valence-electron chi connectivity index (χ1n) is 9.66. The van der Waals surface area contributed by atoms with Crippen molar-refractivity contribution in [2.45, 2.75) is 13.2 Å². The zero-order valence-corrected chi connectivity index (χ0v) is 17.0. The molecule has 1 heterocycles. The van der Waals surface area contributed by atoms with Gasteiger partial charge in [0.25, 0.3) is 0 Å². The summed E-state index contributed by atoms with van der Waals surface area (Å²) in [5, 5.41) is 12.0. The van der Waals surface area contributed by atoms with E-state index in [1.807, 2.05) is 0 Å². The Hall–Kier alpha value is -4.35. The Balaban J connectivity index is 1.48. The van der Waals surface area contributed by atoms with Gasteiger partial charge in [0.2, 0.25) is 0 Å². The second-order valence-corrected chi connectivity index (χ2v) is 6.88. The van der Waals surface area contributed by atoms with Crippen LogP contribution >= 0.6 is 0 Å². The maximum atomic E-state index is 13.8. The van der Waals surface area contributed by atoms with Crippen molar-refractivity contribution in [2.24, 2.45) is 0 Å². The standard InChI is InChI=1S/C22H15F5N4O3/c23-14-9-16(25)15(24)7-11(14)10-33-12-5-6-17-13(8-12)20(31-30-17)29-22(32)28-18-3-1-2-4-19(18)34-21(26)27/h1-9,21H,10H2,(H3,28,29,30,31,32). The Morgan fingerprint density at radius 2 is 1.74 bits per heavy atom. The van der Waals surface area contributed by atoms with Crippen molar-refractivity contribution in [3.63, 3.8) is 0 Å². The smallest absolute Gasteiger partial charge is 0.387 e. The van der Waals surface area contributed by atoms with Crippen molar-refractivity contribution in [1.29, 1.82) is 0 Å². The monoisotopic (exact) mass is 478 g/mol. The molecule has 0 atom stereocenters. The van der Waals surface area contributed by atoms with E-state index in [0.717, 1.165) is 0 Å². The minimum atomic E-state index is -3.07. The lowest BCUT2D eigenvalue weighted by molar-refractivity contribution is -0.0493. The van der Waals surface area contributed by atoms with Crippen LogP contribution in [0.25, 0.3) is 10.9 Å². The van der Waals surface area contributed by atoms with Crippen molar-refractivity contribution >= 4 is 28.4 Å². The summed E-state index contributed by atoms with van der Waals surface area (Å²) in [7, 11) is 0. The number of anilines is 2. The lowest BCUT2D eigenvalue weighted by atomic mass is 10.2. The topological polar surface area (TPSA) is 88.3 Å². The Morgan fingerprint density at radius 1 is 0.971 bits per heavy atom. The number of fused-ring (bicyclic) bond motifs is 1. The molecule has 3 N–H and O–H groups in total. The van der Waals surface area contributed by atoms with Gasteiger partial charge in [-0.15, -0.1) is 0 Å². The van der Waals surface area contributed by atoms with E-state index >= 15 is 0 Å². The first kappa shape index (κ1) is 22.8. The quantitative estimate of drug-likeness (QED) is 0.231. The lowest BCUT2D eigenvalue weighted by Crippen LogP contribution is -2.20. The number of amides is 2. The number of rotatable bonds is 7. The lowest BCUT2D eigenvalue weighted by Gasteiger charge is -2.12. The number of alkyl halides is 2. The number of carbonyl (C=O) groups excluding carboxylic acids is 1. The number of aromatic amines is 1. The molecule has 0 fully saturated rings. The molecule has 34 heavy (non-hydrogen) atoms. The van der Waals surface area contributed by atoms with Crippen LogP contribution in [0.2, 0.25) is 0 Å². The van der Waals surface area contributed by atoms with Gasteiger partial charge in [0.15, 0.2) is 17.5 Å². The molecule has 176 valence electrons. The Bertz CT molecular complexity index is 1350. The summed E-state index contributed by atoms with van der Waals surface area (Å²) in [5.74, 6) is -3.37. The van der Waals surface area contributed by atoms with Gasteiger partial charge < -0.3 is 14.8 Å². The van der Waals surface area contributed by atoms with E-state index in [2.05, 4.69) is 25.6 Å². The summed E-state index contributed by atoms with van der Waals surface area (Å²) in [5.41, 5.74) is 0.342. The molecule has 4 aromatic rings. The second-order valence-electron chi connectivity index (χ2n) is 6.88. The third-order valence-electron chi connectivity index (χ3n) is 4.60. The summed E-state index contributed by atoms with van der Waals surface area (Å²) in [6, 6.07) is 10.6. The number of para-hydroxylation sites is 2. The van der Waals surface area contributed by atoms with Crippen LogP contribution < -0.4 is 20.1 Å². The molecule has 7 nitrogen and oxygen atoms in total. The number of halogens is 5. The number of urea groups is 1. The number of aromatic nitrogens is 2. The molecule has 0 aliphatic rings. The highest BCUT2D eigenvalue weighted by atomic mass is 19.3. The largest absolute Gasteiger partial charge is 0.489 e. The molecule has 0 saturated heterocycles. The molecule has 0 saturated carbocycles. The molecule has 0 radical (unpaired) electrons. The molecule has 1 aromatic heterocycles. The maximum absolute atomic E-state index is 13.8. The average molecular weight is 478 g/mol. The van der Waals surface area contributed by atoms with Crippen molar-refractivity contribution in [2.75, 3.05) is 10.6 Å². The summed E-state index contributed by atoms with van der Waals surface area (Å²) in [6.45, 7) is -3.45. The van der Waals surface area contributed by atoms with Crippen LogP contribution in [0, 0.1) is 17.5 Å². The minimum Gasteiger partial charge on any atom is -0.489 e. The normalized spacial score (nSPS) is 11.0. The van der Waals surface area contributed by atoms with E-state index in [9.17, 15) is 26.7 Å². The minimum absolute atomic E-state index is 0.0118. The van der Waals surface area contributed by atoms with Gasteiger partial charge in [-0.1, -0.05) is 12.1 Å². The third-order valence-corrected chi connectivity index (χ3v) is 4.60. The summed E-state index contributed by atoms with van der Waals surface area (Å²) >= 11 is 0. The van der Waals surface area contributed by atoms with Crippen LogP contribution in [-0.4, -0.2) is 22.8 Å². The second kappa shape index (κ2) is 9.65. The number of benzene rings is 3. The number of hydrogen-bond acceptors (Lipinski definition) is 4. The van der Waals surface area contributed by atoms with E-state index in [1.165, 1.54) is 36.4 Å². The molecule has 0 bridgehead atoms. The van der Waals surface area contributed by atoms with Crippen LogP contribution in [0.1, 0.15) is 5.56 Å². The molecule has 0 aliphatic heterocycles. The molecule has 4 rings (SSSR count). The fraction of sp³-hybridized carbons (Fsp3) is 0.0909. The SMILES string of the molecule is O=C(Nc1ccccc1OC(F)F)Nc1n[nH]c2ccc(OCc3cc(F)c(F)cc3F)cc12. The van der Waals surface area contributed by atoms with Gasteiger partial charge >= 0.3 is 12.6 Å². The molecule has 0 spiro atoms. The van der Waals surface area contributed by atoms with Crippen LogP contribution in [0.4, 0.5) is 38.3 Å². The number of H-pyrrole nitrogens is 1. The number of ether oxygens (including phenoxy) is 2. The number of nitrogens with one attached hydrogen (secondary N) is 3. The Kier molecular flexibility index (Phi) is 6.48. The molecule has 2 amide bonds. The fourth-order valence-electron chi connectivity index (χ4n) is 3.04. The van der Waals surface area contributed by atoms with Crippen molar-refractivity contribution in [3.05, 3.63) is 77.6 Å². The first-order chi connectivity index (χ1) is 16.3. The van der Waals surface area contributed by atoms with Gasteiger partial charge in [-0.2, -0.15) is 13.9 Å². The van der Waals surface area contributed by atoms with Crippen LogP contribution in [-0.2, 0) is 6.61 Å². The highest BCUT2D eigenvalue weighted by molar-refractivity contribution is 6.05. The molecular weight excluding hydrogens is 463 g/mol. The molecular formula is C22H15F5N4O3. The highest BCUT2D eigenvalue weighted by Crippen LogP contribution is 2.28. The Morgan fingerprint density at radius 3 is 2.53 bits per heavy atom. The van der Waals surface area contributed by atoms with Gasteiger partial charge in [0.1, 0.15) is 23.9 Å². The fourth-order valence-corrected chi connectivity index (χ4v) is 3.04. The summed E-state index contributed by atoms with van der Waals surface area (Å²) in [4.78, 5) is 12.4. The predicted octanol–water partition coefficient (Wildman–Crippen LogP) is 5.80. The van der Waals surface area contributed by atoms with Crippen molar-refractivity contribution in [1.82, 2.24) is 10.2 Å². The van der Waals surface area contributed by atoms with E-state index in [-0.39, 0.29) is 35.2 Å². The Labute approximate surface area is 188 Å². The molecule has 0 aliphatic carbocycles. The zero-order valence-electron chi connectivity index (χ0n) is 17.0. The average Bonchev–Trinajstić information content (AvgIpc) is 3.18. The first-order valence-corrected chi connectivity index (χ1v) is 9.66. The van der Waals surface area contributed by atoms with Gasteiger partial charge in [-0.3, -0.25) is 10.4 Å². The van der Waals surface area contributed by atoms with E-state index in [4.69, 9.17) is 4.74 Å². The maximum Gasteiger partial charge on any atom is 0.387 e. The van der Waals surface area contributed by atoms with Crippen LogP contribution in [0.15, 0.2) is 54.6 Å². The number of carbonyl (C=O) groups is 1. The van der Waals surface area contributed by atoms with Gasteiger partial charge in [-0.05, 0) is 36.4 Å². The van der Waals surface area contributed by atoms with E-state index in [0.29, 0.717) is 23.0 Å². The molecule has 0 unspecified atom stereocenters.